The zero-order chi connectivity index (χ0) is 23.4. The fourth-order valence-electron chi connectivity index (χ4n) is 4.50. The number of carbonyl (C=O) groups is 1. The van der Waals surface area contributed by atoms with E-state index in [1.54, 1.807) is 29.2 Å². The van der Waals surface area contributed by atoms with E-state index >= 15 is 0 Å². The van der Waals surface area contributed by atoms with Gasteiger partial charge in [-0.2, -0.15) is 0 Å². The van der Waals surface area contributed by atoms with Crippen LogP contribution in [0, 0.1) is 6.92 Å². The number of carbonyl (C=O) groups excluding carboxylic acids is 1. The topological polar surface area (TPSA) is 72.6 Å². The van der Waals surface area contributed by atoms with Gasteiger partial charge in [0.25, 0.3) is 5.91 Å². The van der Waals surface area contributed by atoms with Gasteiger partial charge < -0.3 is 9.15 Å². The van der Waals surface area contributed by atoms with Gasteiger partial charge in [0, 0.05) is 0 Å². The molecule has 0 fully saturated rings. The molecule has 1 amide bonds. The molecule has 1 aliphatic heterocycles. The van der Waals surface area contributed by atoms with Gasteiger partial charge in [-0.05, 0) is 61.4 Å². The van der Waals surface area contributed by atoms with Crippen LogP contribution in [-0.2, 0) is 0 Å². The first-order chi connectivity index (χ1) is 16.5. The molecule has 7 heteroatoms. The Morgan fingerprint density at radius 3 is 2.76 bits per heavy atom. The quantitative estimate of drug-likeness (QED) is 0.330. The molecule has 0 unspecified atom stereocenters. The third-order valence-corrected chi connectivity index (χ3v) is 7.02. The zero-order valence-corrected chi connectivity index (χ0v) is 19.4. The van der Waals surface area contributed by atoms with Crippen molar-refractivity contribution in [3.8, 4) is 5.75 Å². The predicted molar refractivity (Wildman–Crippen MR) is 133 cm³/mol. The van der Waals surface area contributed by atoms with Crippen LogP contribution in [0.1, 0.15) is 40.2 Å². The Kier molecular flexibility index (Phi) is 4.74. The summed E-state index contributed by atoms with van der Waals surface area (Å²) in [5, 5.41) is 0.967. The predicted octanol–water partition coefficient (Wildman–Crippen LogP) is 5.86. The lowest BCUT2D eigenvalue weighted by molar-refractivity contribution is 0.0971. The van der Waals surface area contributed by atoms with Gasteiger partial charge >= 0.3 is 0 Å². The fraction of sp³-hybridized carbons (Fsp3) is 0.148. The van der Waals surface area contributed by atoms with Crippen molar-refractivity contribution in [1.82, 2.24) is 4.98 Å². The number of rotatable bonds is 4. The lowest BCUT2D eigenvalue weighted by Crippen LogP contribution is -2.29. The normalized spacial score (nSPS) is 15.3. The molecule has 3 aromatic carbocycles. The summed E-state index contributed by atoms with van der Waals surface area (Å²) in [5.41, 5.74) is 3.19. The zero-order valence-electron chi connectivity index (χ0n) is 18.6. The molecule has 1 atom stereocenters. The van der Waals surface area contributed by atoms with Gasteiger partial charge in [-0.1, -0.05) is 41.7 Å². The number of hydrogen-bond donors (Lipinski definition) is 0. The van der Waals surface area contributed by atoms with Crippen LogP contribution >= 0.6 is 11.3 Å². The standard InChI is InChI=1S/C27H20N2O4S/c1-3-32-17-8-6-7-16(14-17)23-22-24(30)18-9-4-5-10-20(18)33-25(22)26(31)29(23)27-28-19-12-11-15(2)13-21(19)34-27/h4-14,23H,3H2,1-2H3/t23-/m0/s1. The molecule has 0 saturated carbocycles. The second-order valence-electron chi connectivity index (χ2n) is 8.22. The van der Waals surface area contributed by atoms with E-state index < -0.39 is 6.04 Å². The summed E-state index contributed by atoms with van der Waals surface area (Å²) in [6.45, 7) is 4.44. The van der Waals surface area contributed by atoms with E-state index in [4.69, 9.17) is 14.1 Å². The van der Waals surface area contributed by atoms with Crippen LogP contribution in [0.3, 0.4) is 0 Å². The number of aryl methyl sites for hydroxylation is 1. The van der Waals surface area contributed by atoms with Crippen LogP contribution < -0.4 is 15.1 Å². The van der Waals surface area contributed by atoms with E-state index in [9.17, 15) is 9.59 Å². The number of amides is 1. The van der Waals surface area contributed by atoms with Crippen LogP contribution in [0.5, 0.6) is 5.75 Å². The number of fused-ring (bicyclic) bond motifs is 3. The second kappa shape index (κ2) is 7.81. The first-order valence-electron chi connectivity index (χ1n) is 11.0. The highest BCUT2D eigenvalue weighted by Gasteiger charge is 2.45. The summed E-state index contributed by atoms with van der Waals surface area (Å²) < 4.78 is 12.7. The van der Waals surface area contributed by atoms with Gasteiger partial charge in [0.1, 0.15) is 11.3 Å². The van der Waals surface area contributed by atoms with Crippen LogP contribution in [0.25, 0.3) is 21.2 Å². The number of hydrogen-bond acceptors (Lipinski definition) is 6. The molecular weight excluding hydrogens is 448 g/mol. The highest BCUT2D eigenvalue weighted by molar-refractivity contribution is 7.22. The second-order valence-corrected chi connectivity index (χ2v) is 9.23. The molecule has 0 N–H and O–H groups in total. The third kappa shape index (κ3) is 3.12. The van der Waals surface area contributed by atoms with Crippen molar-refractivity contribution in [2.75, 3.05) is 11.5 Å². The molecule has 6 rings (SSSR count). The molecule has 0 spiro atoms. The monoisotopic (exact) mass is 468 g/mol. The van der Waals surface area contributed by atoms with Crippen molar-refractivity contribution >= 4 is 43.6 Å². The molecule has 1 aliphatic rings. The summed E-state index contributed by atoms with van der Waals surface area (Å²) >= 11 is 1.43. The summed E-state index contributed by atoms with van der Waals surface area (Å²) in [6, 6.07) is 19.8. The summed E-state index contributed by atoms with van der Waals surface area (Å²) in [4.78, 5) is 33.8. The minimum absolute atomic E-state index is 0.0611. The van der Waals surface area contributed by atoms with E-state index in [0.717, 1.165) is 21.3 Å². The lowest BCUT2D eigenvalue weighted by atomic mass is 9.98. The van der Waals surface area contributed by atoms with Crippen molar-refractivity contribution in [3.63, 3.8) is 0 Å². The highest BCUT2D eigenvalue weighted by Crippen LogP contribution is 2.44. The fourth-order valence-corrected chi connectivity index (χ4v) is 5.59. The number of anilines is 1. The van der Waals surface area contributed by atoms with Crippen molar-refractivity contribution in [3.05, 3.63) is 99.4 Å². The van der Waals surface area contributed by atoms with Crippen molar-refractivity contribution in [2.45, 2.75) is 19.9 Å². The van der Waals surface area contributed by atoms with Gasteiger partial charge in [0.05, 0.1) is 33.8 Å². The average molecular weight is 469 g/mol. The van der Waals surface area contributed by atoms with Gasteiger partial charge in [-0.15, -0.1) is 0 Å². The Balaban J connectivity index is 1.62. The maximum Gasteiger partial charge on any atom is 0.297 e. The van der Waals surface area contributed by atoms with Crippen LogP contribution in [0.2, 0.25) is 0 Å². The molecule has 6 nitrogen and oxygen atoms in total. The van der Waals surface area contributed by atoms with E-state index in [1.807, 2.05) is 56.3 Å². The first kappa shape index (κ1) is 20.6. The van der Waals surface area contributed by atoms with Crippen LogP contribution in [0.4, 0.5) is 5.13 Å². The molecule has 0 saturated heterocycles. The minimum atomic E-state index is -0.676. The smallest absolute Gasteiger partial charge is 0.297 e. The molecule has 3 heterocycles. The maximum absolute atomic E-state index is 13.8. The molecule has 0 aliphatic carbocycles. The molecule has 5 aromatic rings. The largest absolute Gasteiger partial charge is 0.494 e. The summed E-state index contributed by atoms with van der Waals surface area (Å²) in [7, 11) is 0. The first-order valence-corrected chi connectivity index (χ1v) is 11.9. The number of ether oxygens (including phenoxy) is 1. The molecule has 34 heavy (non-hydrogen) atoms. The molecule has 0 radical (unpaired) electrons. The van der Waals surface area contributed by atoms with Gasteiger partial charge in [-0.3, -0.25) is 14.5 Å². The van der Waals surface area contributed by atoms with E-state index in [-0.39, 0.29) is 17.1 Å². The number of thiazole rings is 1. The van der Waals surface area contributed by atoms with Crippen molar-refractivity contribution < 1.29 is 13.9 Å². The van der Waals surface area contributed by atoms with Gasteiger partial charge in [0.2, 0.25) is 5.76 Å². The SMILES string of the molecule is CCOc1cccc([C@H]2c3c(oc4ccccc4c3=O)C(=O)N2c2nc3ccc(C)cc3s2)c1. The van der Waals surface area contributed by atoms with E-state index in [2.05, 4.69) is 0 Å². The van der Waals surface area contributed by atoms with E-state index in [0.29, 0.717) is 34.0 Å². The highest BCUT2D eigenvalue weighted by atomic mass is 32.1. The minimum Gasteiger partial charge on any atom is -0.494 e. The van der Waals surface area contributed by atoms with Gasteiger partial charge in [0.15, 0.2) is 10.6 Å². The van der Waals surface area contributed by atoms with Crippen LogP contribution in [0.15, 0.2) is 75.9 Å². The Labute approximate surface area is 199 Å². The maximum atomic E-state index is 13.8. The number of aromatic nitrogens is 1. The van der Waals surface area contributed by atoms with Crippen molar-refractivity contribution in [1.29, 1.82) is 0 Å². The molecular formula is C27H20N2O4S. The number of nitrogens with zero attached hydrogens (tertiary/aromatic N) is 2. The number of benzene rings is 3. The molecule has 2 aromatic heterocycles. The van der Waals surface area contributed by atoms with Gasteiger partial charge in [-0.25, -0.2) is 4.98 Å². The summed E-state index contributed by atoms with van der Waals surface area (Å²) in [6.07, 6.45) is 0. The average Bonchev–Trinajstić information content (AvgIpc) is 3.38. The van der Waals surface area contributed by atoms with E-state index in [1.165, 1.54) is 11.3 Å². The Bertz CT molecular complexity index is 1650. The Morgan fingerprint density at radius 1 is 1.06 bits per heavy atom. The Morgan fingerprint density at radius 2 is 1.91 bits per heavy atom. The lowest BCUT2D eigenvalue weighted by Gasteiger charge is -2.23. The molecule has 0 bridgehead atoms. The number of para-hydroxylation sites is 1. The van der Waals surface area contributed by atoms with Crippen molar-refractivity contribution in [2.24, 2.45) is 0 Å². The summed E-state index contributed by atoms with van der Waals surface area (Å²) in [5.74, 6) is 0.359. The third-order valence-electron chi connectivity index (χ3n) is 6.00. The Hall–Kier alpha value is -3.97. The van der Waals surface area contributed by atoms with Crippen LogP contribution in [-0.4, -0.2) is 17.5 Å². The molecule has 168 valence electrons.